The van der Waals surface area contributed by atoms with E-state index in [-0.39, 0.29) is 0 Å². The monoisotopic (exact) mass is 139 g/mol. The van der Waals surface area contributed by atoms with Gasteiger partial charge in [0.2, 0.25) is 0 Å². The molecular weight excluding hydrogens is 126 g/mol. The van der Waals surface area contributed by atoms with Crippen LogP contribution in [-0.4, -0.2) is 5.91 Å². The normalized spacial score (nSPS) is 8.20. The standard InChI is InChI=1S/C8H13NO/c1-3-4-5-6-7(2)8(9)10/h5H,3-4H2,1-2H3,(H2,9,10). The summed E-state index contributed by atoms with van der Waals surface area (Å²) in [6.45, 7) is 3.73. The second-order valence-electron chi connectivity index (χ2n) is 2.13. The summed E-state index contributed by atoms with van der Waals surface area (Å²) in [7, 11) is 0. The van der Waals surface area contributed by atoms with Crippen molar-refractivity contribution < 1.29 is 4.79 Å². The molecule has 0 saturated heterocycles. The number of nitrogens with two attached hydrogens (primary N) is 1. The average Bonchev–Trinajstić information content (AvgIpc) is 1.88. The Labute approximate surface area is 61.4 Å². The molecule has 0 rings (SSSR count). The van der Waals surface area contributed by atoms with Crippen molar-refractivity contribution in [1.29, 1.82) is 0 Å². The summed E-state index contributed by atoms with van der Waals surface area (Å²) < 4.78 is 0. The van der Waals surface area contributed by atoms with Gasteiger partial charge in [0.25, 0.3) is 5.91 Å². The Kier molecular flexibility index (Phi) is 4.34. The predicted octanol–water partition coefficient (Wildman–Crippen LogP) is 1.37. The molecule has 1 amide bonds. The molecule has 0 aromatic heterocycles. The van der Waals surface area contributed by atoms with Gasteiger partial charge < -0.3 is 5.73 Å². The smallest absolute Gasteiger partial charge is 0.252 e. The predicted molar refractivity (Wildman–Crippen MR) is 41.4 cm³/mol. The maximum atomic E-state index is 10.4. The number of primary amides is 1. The molecule has 0 radical (unpaired) electrons. The molecule has 0 atom stereocenters. The van der Waals surface area contributed by atoms with Crippen molar-refractivity contribution in [3.8, 4) is 0 Å². The maximum Gasteiger partial charge on any atom is 0.252 e. The van der Waals surface area contributed by atoms with E-state index in [1.165, 1.54) is 0 Å². The lowest BCUT2D eigenvalue weighted by Crippen LogP contribution is -2.10. The third-order valence-corrected chi connectivity index (χ3v) is 1.12. The first-order chi connectivity index (χ1) is 4.68. The molecule has 10 heavy (non-hydrogen) atoms. The number of hydrogen-bond acceptors (Lipinski definition) is 1. The SMILES string of the molecule is CCCC=C=C(C)C(N)=O. The first kappa shape index (κ1) is 8.99. The summed E-state index contributed by atoms with van der Waals surface area (Å²) in [5.41, 5.74) is 8.25. The van der Waals surface area contributed by atoms with Gasteiger partial charge in [0, 0.05) is 0 Å². The topological polar surface area (TPSA) is 43.1 Å². The molecule has 56 valence electrons. The van der Waals surface area contributed by atoms with Gasteiger partial charge in [-0.25, -0.2) is 0 Å². The molecular formula is C8H13NO. The minimum Gasteiger partial charge on any atom is -0.365 e. The van der Waals surface area contributed by atoms with Gasteiger partial charge in [-0.1, -0.05) is 13.3 Å². The van der Waals surface area contributed by atoms with Crippen LogP contribution in [0.1, 0.15) is 26.7 Å². The fourth-order valence-corrected chi connectivity index (χ4v) is 0.441. The van der Waals surface area contributed by atoms with E-state index in [9.17, 15) is 4.79 Å². The van der Waals surface area contributed by atoms with Crippen LogP contribution in [0.25, 0.3) is 0 Å². The number of unbranched alkanes of at least 4 members (excludes halogenated alkanes) is 1. The summed E-state index contributed by atoms with van der Waals surface area (Å²) in [6.07, 6.45) is 3.85. The van der Waals surface area contributed by atoms with Gasteiger partial charge in [-0.3, -0.25) is 4.79 Å². The molecule has 0 bridgehead atoms. The lowest BCUT2D eigenvalue weighted by molar-refractivity contribution is -0.114. The van der Waals surface area contributed by atoms with E-state index in [2.05, 4.69) is 12.7 Å². The molecule has 0 unspecified atom stereocenters. The van der Waals surface area contributed by atoms with Crippen molar-refractivity contribution >= 4 is 5.91 Å². The van der Waals surface area contributed by atoms with Crippen molar-refractivity contribution in [3.63, 3.8) is 0 Å². The van der Waals surface area contributed by atoms with Crippen molar-refractivity contribution in [2.75, 3.05) is 0 Å². The zero-order chi connectivity index (χ0) is 7.98. The highest BCUT2D eigenvalue weighted by atomic mass is 16.1. The quantitative estimate of drug-likeness (QED) is 0.465. The molecule has 0 aliphatic carbocycles. The minimum atomic E-state index is -0.396. The Hall–Kier alpha value is -1.01. The Morgan fingerprint density at radius 3 is 2.70 bits per heavy atom. The lowest BCUT2D eigenvalue weighted by Gasteiger charge is -1.85. The molecule has 0 aromatic rings. The van der Waals surface area contributed by atoms with Crippen LogP contribution in [0.2, 0.25) is 0 Å². The van der Waals surface area contributed by atoms with Crippen LogP contribution in [0.3, 0.4) is 0 Å². The molecule has 0 saturated carbocycles. The first-order valence-corrected chi connectivity index (χ1v) is 3.40. The molecule has 2 heteroatoms. The van der Waals surface area contributed by atoms with Crippen LogP contribution >= 0.6 is 0 Å². The highest BCUT2D eigenvalue weighted by Crippen LogP contribution is 1.90. The highest BCUT2D eigenvalue weighted by molar-refractivity contribution is 5.90. The van der Waals surface area contributed by atoms with Crippen molar-refractivity contribution in [3.05, 3.63) is 17.4 Å². The Balaban J connectivity index is 4.01. The van der Waals surface area contributed by atoms with Crippen LogP contribution in [0, 0.1) is 0 Å². The molecule has 2 N–H and O–H groups in total. The van der Waals surface area contributed by atoms with Crippen LogP contribution in [-0.2, 0) is 4.79 Å². The van der Waals surface area contributed by atoms with E-state index in [0.717, 1.165) is 12.8 Å². The maximum absolute atomic E-state index is 10.4. The van der Waals surface area contributed by atoms with E-state index in [4.69, 9.17) is 5.73 Å². The molecule has 0 spiro atoms. The van der Waals surface area contributed by atoms with Crippen molar-refractivity contribution in [2.45, 2.75) is 26.7 Å². The van der Waals surface area contributed by atoms with Crippen LogP contribution in [0.4, 0.5) is 0 Å². The highest BCUT2D eigenvalue weighted by Gasteiger charge is 1.91. The van der Waals surface area contributed by atoms with E-state index in [0.29, 0.717) is 5.57 Å². The average molecular weight is 139 g/mol. The molecule has 0 heterocycles. The summed E-state index contributed by atoms with van der Waals surface area (Å²) >= 11 is 0. The van der Waals surface area contributed by atoms with E-state index in [1.807, 2.05) is 6.08 Å². The van der Waals surface area contributed by atoms with Crippen molar-refractivity contribution in [1.82, 2.24) is 0 Å². The van der Waals surface area contributed by atoms with Crippen LogP contribution in [0.5, 0.6) is 0 Å². The van der Waals surface area contributed by atoms with E-state index < -0.39 is 5.91 Å². The second kappa shape index (κ2) is 4.83. The van der Waals surface area contributed by atoms with Gasteiger partial charge in [-0.05, 0) is 19.4 Å². The number of carbonyl (C=O) groups excluding carboxylic acids is 1. The van der Waals surface area contributed by atoms with Gasteiger partial charge in [0.05, 0.1) is 5.57 Å². The molecule has 0 aliphatic heterocycles. The largest absolute Gasteiger partial charge is 0.365 e. The molecule has 0 aromatic carbocycles. The fraction of sp³-hybridized carbons (Fsp3) is 0.500. The number of carbonyl (C=O) groups is 1. The summed E-state index contributed by atoms with van der Waals surface area (Å²) in [6, 6.07) is 0. The van der Waals surface area contributed by atoms with Crippen molar-refractivity contribution in [2.24, 2.45) is 5.73 Å². The van der Waals surface area contributed by atoms with Gasteiger partial charge in [-0.2, -0.15) is 0 Å². The zero-order valence-corrected chi connectivity index (χ0v) is 6.48. The van der Waals surface area contributed by atoms with E-state index >= 15 is 0 Å². The Morgan fingerprint density at radius 2 is 2.30 bits per heavy atom. The van der Waals surface area contributed by atoms with Gasteiger partial charge >= 0.3 is 0 Å². The number of hydrogen-bond donors (Lipinski definition) is 1. The molecule has 2 nitrogen and oxygen atoms in total. The summed E-state index contributed by atoms with van der Waals surface area (Å²) in [4.78, 5) is 10.4. The third kappa shape index (κ3) is 3.93. The number of amides is 1. The summed E-state index contributed by atoms with van der Waals surface area (Å²) in [5.74, 6) is -0.396. The second-order valence-corrected chi connectivity index (χ2v) is 2.13. The molecule has 0 fully saturated rings. The Morgan fingerprint density at radius 1 is 1.70 bits per heavy atom. The van der Waals surface area contributed by atoms with Gasteiger partial charge in [-0.15, -0.1) is 5.73 Å². The van der Waals surface area contributed by atoms with Gasteiger partial charge in [0.15, 0.2) is 0 Å². The third-order valence-electron chi connectivity index (χ3n) is 1.12. The first-order valence-electron chi connectivity index (χ1n) is 3.40. The zero-order valence-electron chi connectivity index (χ0n) is 6.48. The minimum absolute atomic E-state index is 0.396. The molecule has 0 aliphatic rings. The summed E-state index contributed by atoms with van der Waals surface area (Å²) in [5, 5.41) is 0. The van der Waals surface area contributed by atoms with Crippen LogP contribution in [0.15, 0.2) is 17.4 Å². The Bertz CT molecular complexity index is 176. The number of rotatable bonds is 3. The lowest BCUT2D eigenvalue weighted by atomic mass is 10.2. The van der Waals surface area contributed by atoms with Crippen LogP contribution < -0.4 is 5.73 Å². The van der Waals surface area contributed by atoms with Gasteiger partial charge in [0.1, 0.15) is 0 Å². The fourth-order valence-electron chi connectivity index (χ4n) is 0.441. The van der Waals surface area contributed by atoms with E-state index in [1.54, 1.807) is 6.92 Å².